The molecular weight excluding hydrogens is 296 g/mol. The van der Waals surface area contributed by atoms with Crippen LogP contribution in [-0.4, -0.2) is 11.8 Å². The van der Waals surface area contributed by atoms with Gasteiger partial charge in [-0.05, 0) is 50.3 Å². The van der Waals surface area contributed by atoms with Gasteiger partial charge in [-0.3, -0.25) is 9.59 Å². The first-order chi connectivity index (χ1) is 10.5. The second-order valence-electron chi connectivity index (χ2n) is 5.70. The molecule has 0 radical (unpaired) electrons. The van der Waals surface area contributed by atoms with Gasteiger partial charge in [0.1, 0.15) is 5.00 Å². The van der Waals surface area contributed by atoms with Crippen molar-refractivity contribution in [1.82, 2.24) is 0 Å². The number of benzene rings is 1. The van der Waals surface area contributed by atoms with Crippen molar-refractivity contribution in [3.63, 3.8) is 0 Å². The summed E-state index contributed by atoms with van der Waals surface area (Å²) in [6.07, 6.45) is 2.87. The number of aryl methyl sites for hydroxylation is 3. The molecule has 1 aromatic heterocycles. The number of anilines is 1. The zero-order chi connectivity index (χ0) is 15.9. The second-order valence-corrected chi connectivity index (χ2v) is 6.80. The lowest BCUT2D eigenvalue weighted by Crippen LogP contribution is -2.18. The summed E-state index contributed by atoms with van der Waals surface area (Å²) in [6, 6.07) is 5.75. The summed E-state index contributed by atoms with van der Waals surface area (Å²) in [5.41, 5.74) is 9.60. The molecule has 0 saturated heterocycles. The highest BCUT2D eigenvalue weighted by atomic mass is 32.1. The molecular formula is C17H18N2O2S. The first-order valence-corrected chi connectivity index (χ1v) is 8.12. The Hall–Kier alpha value is -2.14. The first-order valence-electron chi connectivity index (χ1n) is 7.30. The fourth-order valence-corrected chi connectivity index (χ4v) is 4.19. The van der Waals surface area contributed by atoms with Crippen LogP contribution in [0.1, 0.15) is 48.7 Å². The average Bonchev–Trinajstić information content (AvgIpc) is 3.01. The molecule has 1 aliphatic rings. The van der Waals surface area contributed by atoms with E-state index in [1.807, 2.05) is 32.0 Å². The maximum absolute atomic E-state index is 12.5. The van der Waals surface area contributed by atoms with E-state index in [2.05, 4.69) is 5.32 Å². The number of carbonyl (C=O) groups is 2. The van der Waals surface area contributed by atoms with Gasteiger partial charge < -0.3 is 11.1 Å². The molecule has 0 spiro atoms. The SMILES string of the molecule is Cc1ccc(C)c(C(=O)Nc2sc3c(c2C(N)=O)CCC3)c1. The Morgan fingerprint density at radius 3 is 2.73 bits per heavy atom. The third-order valence-electron chi connectivity index (χ3n) is 4.03. The molecule has 2 amide bonds. The monoisotopic (exact) mass is 314 g/mol. The predicted molar refractivity (Wildman–Crippen MR) is 88.7 cm³/mol. The lowest BCUT2D eigenvalue weighted by Gasteiger charge is -2.09. The van der Waals surface area contributed by atoms with Crippen LogP contribution in [0.2, 0.25) is 0 Å². The summed E-state index contributed by atoms with van der Waals surface area (Å²) in [4.78, 5) is 25.5. The van der Waals surface area contributed by atoms with Crippen LogP contribution in [0.4, 0.5) is 5.00 Å². The molecule has 22 heavy (non-hydrogen) atoms. The fraction of sp³-hybridized carbons (Fsp3) is 0.294. The molecule has 0 saturated carbocycles. The maximum atomic E-state index is 12.5. The maximum Gasteiger partial charge on any atom is 0.256 e. The van der Waals surface area contributed by atoms with Crippen molar-refractivity contribution in [3.8, 4) is 0 Å². The average molecular weight is 314 g/mol. The van der Waals surface area contributed by atoms with Crippen LogP contribution in [0.15, 0.2) is 18.2 Å². The van der Waals surface area contributed by atoms with Crippen molar-refractivity contribution in [3.05, 3.63) is 50.9 Å². The van der Waals surface area contributed by atoms with Crippen molar-refractivity contribution in [1.29, 1.82) is 0 Å². The first kappa shape index (κ1) is 14.8. The molecule has 5 heteroatoms. The number of hydrogen-bond acceptors (Lipinski definition) is 3. The molecule has 0 fully saturated rings. The third kappa shape index (κ3) is 2.52. The number of fused-ring (bicyclic) bond motifs is 1. The van der Waals surface area contributed by atoms with E-state index in [0.717, 1.165) is 36.0 Å². The summed E-state index contributed by atoms with van der Waals surface area (Å²) in [6.45, 7) is 3.85. The van der Waals surface area contributed by atoms with Crippen LogP contribution in [0, 0.1) is 13.8 Å². The Morgan fingerprint density at radius 1 is 1.23 bits per heavy atom. The molecule has 2 aromatic rings. The van der Waals surface area contributed by atoms with E-state index in [1.54, 1.807) is 0 Å². The normalized spacial score (nSPS) is 13.0. The molecule has 4 nitrogen and oxygen atoms in total. The van der Waals surface area contributed by atoms with Gasteiger partial charge in [-0.1, -0.05) is 17.7 Å². The number of carbonyl (C=O) groups excluding carboxylic acids is 2. The highest BCUT2D eigenvalue weighted by Gasteiger charge is 2.26. The Balaban J connectivity index is 1.95. The van der Waals surface area contributed by atoms with Gasteiger partial charge in [0.05, 0.1) is 5.56 Å². The zero-order valence-electron chi connectivity index (χ0n) is 12.7. The molecule has 3 rings (SSSR count). The van der Waals surface area contributed by atoms with E-state index in [1.165, 1.54) is 16.2 Å². The molecule has 1 aromatic carbocycles. The Labute approximate surface area is 133 Å². The minimum atomic E-state index is -0.462. The number of thiophene rings is 1. The summed E-state index contributed by atoms with van der Waals surface area (Å²) < 4.78 is 0. The van der Waals surface area contributed by atoms with Gasteiger partial charge >= 0.3 is 0 Å². The highest BCUT2D eigenvalue weighted by Crippen LogP contribution is 2.39. The van der Waals surface area contributed by atoms with Crippen molar-refractivity contribution in [2.45, 2.75) is 33.1 Å². The molecule has 0 bridgehead atoms. The Morgan fingerprint density at radius 2 is 2.00 bits per heavy atom. The van der Waals surface area contributed by atoms with Gasteiger partial charge in [-0.15, -0.1) is 11.3 Å². The molecule has 1 aliphatic carbocycles. The topological polar surface area (TPSA) is 72.2 Å². The quantitative estimate of drug-likeness (QED) is 0.913. The number of amides is 2. The smallest absolute Gasteiger partial charge is 0.256 e. The summed E-state index contributed by atoms with van der Waals surface area (Å²) in [7, 11) is 0. The van der Waals surface area contributed by atoms with E-state index >= 15 is 0 Å². The molecule has 114 valence electrons. The van der Waals surface area contributed by atoms with Crippen LogP contribution in [0.5, 0.6) is 0 Å². The minimum absolute atomic E-state index is 0.191. The summed E-state index contributed by atoms with van der Waals surface area (Å²) in [5.74, 6) is -0.653. The van der Waals surface area contributed by atoms with E-state index in [4.69, 9.17) is 5.73 Å². The van der Waals surface area contributed by atoms with Crippen LogP contribution in [0.25, 0.3) is 0 Å². The minimum Gasteiger partial charge on any atom is -0.365 e. The van der Waals surface area contributed by atoms with Gasteiger partial charge in [0, 0.05) is 10.4 Å². The summed E-state index contributed by atoms with van der Waals surface area (Å²) >= 11 is 1.48. The molecule has 3 N–H and O–H groups in total. The molecule has 0 aliphatic heterocycles. The number of primary amides is 1. The van der Waals surface area contributed by atoms with E-state index in [-0.39, 0.29) is 5.91 Å². The van der Waals surface area contributed by atoms with E-state index in [9.17, 15) is 9.59 Å². The van der Waals surface area contributed by atoms with Crippen LogP contribution < -0.4 is 11.1 Å². The predicted octanol–water partition coefficient (Wildman–Crippen LogP) is 3.20. The summed E-state index contributed by atoms with van der Waals surface area (Å²) in [5, 5.41) is 3.47. The van der Waals surface area contributed by atoms with Crippen molar-refractivity contribution < 1.29 is 9.59 Å². The Kier molecular flexibility index (Phi) is 3.74. The van der Waals surface area contributed by atoms with E-state index in [0.29, 0.717) is 16.1 Å². The largest absolute Gasteiger partial charge is 0.365 e. The number of rotatable bonds is 3. The lowest BCUT2D eigenvalue weighted by atomic mass is 10.0. The van der Waals surface area contributed by atoms with Crippen molar-refractivity contribution in [2.75, 3.05) is 5.32 Å². The standard InChI is InChI=1S/C17H18N2O2S/c1-9-6-7-10(2)12(8-9)16(21)19-17-14(15(18)20)11-4-3-5-13(11)22-17/h6-8H,3-5H2,1-2H3,(H2,18,20)(H,19,21). The van der Waals surface area contributed by atoms with E-state index < -0.39 is 5.91 Å². The number of nitrogens with two attached hydrogens (primary N) is 1. The number of nitrogens with one attached hydrogen (secondary N) is 1. The van der Waals surface area contributed by atoms with Gasteiger partial charge in [0.25, 0.3) is 11.8 Å². The lowest BCUT2D eigenvalue weighted by molar-refractivity contribution is 0.100. The molecule has 0 atom stereocenters. The fourth-order valence-electron chi connectivity index (χ4n) is 2.90. The number of hydrogen-bond donors (Lipinski definition) is 2. The Bertz CT molecular complexity index is 777. The third-order valence-corrected chi connectivity index (χ3v) is 5.24. The van der Waals surface area contributed by atoms with Crippen LogP contribution >= 0.6 is 11.3 Å². The zero-order valence-corrected chi connectivity index (χ0v) is 13.5. The van der Waals surface area contributed by atoms with Crippen molar-refractivity contribution in [2.24, 2.45) is 5.73 Å². The van der Waals surface area contributed by atoms with Gasteiger partial charge in [-0.2, -0.15) is 0 Å². The van der Waals surface area contributed by atoms with Crippen molar-refractivity contribution >= 4 is 28.2 Å². The van der Waals surface area contributed by atoms with Crippen LogP contribution in [-0.2, 0) is 12.8 Å². The molecule has 1 heterocycles. The highest BCUT2D eigenvalue weighted by molar-refractivity contribution is 7.17. The van der Waals surface area contributed by atoms with Gasteiger partial charge in [-0.25, -0.2) is 0 Å². The van der Waals surface area contributed by atoms with Gasteiger partial charge in [0.2, 0.25) is 0 Å². The van der Waals surface area contributed by atoms with Crippen LogP contribution in [0.3, 0.4) is 0 Å². The van der Waals surface area contributed by atoms with Gasteiger partial charge in [0.15, 0.2) is 0 Å². The second kappa shape index (κ2) is 5.57. The molecule has 0 unspecified atom stereocenters.